The molecule has 1 aromatic carbocycles. The Morgan fingerprint density at radius 1 is 1.25 bits per heavy atom. The van der Waals surface area contributed by atoms with Gasteiger partial charge in [0.2, 0.25) is 0 Å². The van der Waals surface area contributed by atoms with E-state index in [0.29, 0.717) is 19.8 Å². The first-order valence-corrected chi connectivity index (χ1v) is 6.13. The quantitative estimate of drug-likeness (QED) is 0.908. The van der Waals surface area contributed by atoms with Crippen LogP contribution in [0.15, 0.2) is 16.6 Å². The second-order valence-electron chi connectivity index (χ2n) is 4.56. The normalized spacial score (nSPS) is 15.0. The molecule has 1 aliphatic heterocycles. The number of rotatable bonds is 2. The van der Waals surface area contributed by atoms with Crippen molar-refractivity contribution >= 4 is 15.9 Å². The number of fused-ring (bicyclic) bond motifs is 1. The Morgan fingerprint density at radius 2 is 1.81 bits per heavy atom. The van der Waals surface area contributed by atoms with Gasteiger partial charge in [0.05, 0.1) is 0 Å². The fraction of sp³-hybridized carbons (Fsp3) is 0.500. The van der Waals surface area contributed by atoms with Gasteiger partial charge in [-0.15, -0.1) is 0 Å². The van der Waals surface area contributed by atoms with Crippen molar-refractivity contribution in [1.29, 1.82) is 0 Å². The predicted octanol–water partition coefficient (Wildman–Crippen LogP) is 2.46. The molecule has 0 fully saturated rings. The van der Waals surface area contributed by atoms with E-state index in [1.165, 1.54) is 0 Å². The minimum absolute atomic E-state index is 0.0747. The Bertz CT molecular complexity index is 404. The van der Waals surface area contributed by atoms with Crippen molar-refractivity contribution in [3.63, 3.8) is 0 Å². The summed E-state index contributed by atoms with van der Waals surface area (Å²) in [5.41, 5.74) is 6.87. The summed E-state index contributed by atoms with van der Waals surface area (Å²) in [4.78, 5) is 0. The van der Waals surface area contributed by atoms with Crippen LogP contribution >= 0.6 is 15.9 Å². The second-order valence-corrected chi connectivity index (χ2v) is 5.42. The fourth-order valence-corrected chi connectivity index (χ4v) is 2.55. The van der Waals surface area contributed by atoms with Gasteiger partial charge in [0.15, 0.2) is 11.5 Å². The summed E-state index contributed by atoms with van der Waals surface area (Å²) in [6.45, 7) is 6.04. The minimum atomic E-state index is -0.0747. The van der Waals surface area contributed by atoms with Crippen LogP contribution in [0.5, 0.6) is 11.5 Å². The summed E-state index contributed by atoms with van der Waals surface area (Å²) >= 11 is 3.56. The van der Waals surface area contributed by atoms with Crippen LogP contribution in [-0.4, -0.2) is 19.8 Å². The molecule has 0 amide bonds. The SMILES string of the molecule is CC(C)(CN)c1cc2c(cc1Br)OCCO2. The lowest BCUT2D eigenvalue weighted by Gasteiger charge is -2.27. The summed E-state index contributed by atoms with van der Waals surface area (Å²) in [6, 6.07) is 3.98. The van der Waals surface area contributed by atoms with Crippen LogP contribution < -0.4 is 15.2 Å². The van der Waals surface area contributed by atoms with E-state index in [0.717, 1.165) is 21.5 Å². The lowest BCUT2D eigenvalue weighted by Crippen LogP contribution is -2.29. The van der Waals surface area contributed by atoms with Gasteiger partial charge in [0, 0.05) is 16.4 Å². The van der Waals surface area contributed by atoms with E-state index in [9.17, 15) is 0 Å². The van der Waals surface area contributed by atoms with Crippen LogP contribution in [0, 0.1) is 0 Å². The average Bonchev–Trinajstić information content (AvgIpc) is 2.28. The first-order valence-electron chi connectivity index (χ1n) is 5.34. The third-order valence-electron chi connectivity index (χ3n) is 2.87. The smallest absolute Gasteiger partial charge is 0.162 e. The summed E-state index contributed by atoms with van der Waals surface area (Å²) in [5.74, 6) is 1.61. The van der Waals surface area contributed by atoms with E-state index in [-0.39, 0.29) is 5.41 Å². The molecule has 0 bridgehead atoms. The van der Waals surface area contributed by atoms with Crippen molar-refractivity contribution < 1.29 is 9.47 Å². The van der Waals surface area contributed by atoms with Gasteiger partial charge in [-0.1, -0.05) is 29.8 Å². The van der Waals surface area contributed by atoms with Crippen molar-refractivity contribution in [1.82, 2.24) is 0 Å². The molecule has 0 aromatic heterocycles. The maximum Gasteiger partial charge on any atom is 0.162 e. The molecule has 2 N–H and O–H groups in total. The molecule has 1 heterocycles. The molecular weight excluding hydrogens is 270 g/mol. The summed E-state index contributed by atoms with van der Waals surface area (Å²) in [7, 11) is 0. The monoisotopic (exact) mass is 285 g/mol. The van der Waals surface area contributed by atoms with Crippen LogP contribution in [-0.2, 0) is 5.41 Å². The first-order chi connectivity index (χ1) is 7.54. The number of ether oxygens (including phenoxy) is 2. The molecule has 88 valence electrons. The van der Waals surface area contributed by atoms with E-state index >= 15 is 0 Å². The fourth-order valence-electron chi connectivity index (χ4n) is 1.69. The molecule has 1 aliphatic rings. The molecule has 0 saturated heterocycles. The maximum atomic E-state index is 5.79. The molecular formula is C12H16BrNO2. The van der Waals surface area contributed by atoms with Crippen molar-refractivity contribution in [3.8, 4) is 11.5 Å². The van der Waals surface area contributed by atoms with Crippen molar-refractivity contribution in [2.75, 3.05) is 19.8 Å². The largest absolute Gasteiger partial charge is 0.486 e. The summed E-state index contributed by atoms with van der Waals surface area (Å²) < 4.78 is 12.1. The number of hydrogen-bond acceptors (Lipinski definition) is 3. The van der Waals surface area contributed by atoms with E-state index in [2.05, 4.69) is 29.8 Å². The Balaban J connectivity index is 2.47. The molecule has 4 heteroatoms. The topological polar surface area (TPSA) is 44.5 Å². The lowest BCUT2D eigenvalue weighted by atomic mass is 9.84. The van der Waals surface area contributed by atoms with Crippen LogP contribution in [0.2, 0.25) is 0 Å². The van der Waals surface area contributed by atoms with Crippen LogP contribution in [0.1, 0.15) is 19.4 Å². The molecule has 0 saturated carbocycles. The van der Waals surface area contributed by atoms with Gasteiger partial charge >= 0.3 is 0 Å². The third kappa shape index (κ3) is 2.04. The summed E-state index contributed by atoms with van der Waals surface area (Å²) in [6.07, 6.45) is 0. The number of hydrogen-bond donors (Lipinski definition) is 1. The molecule has 0 atom stereocenters. The van der Waals surface area contributed by atoms with Crippen LogP contribution in [0.3, 0.4) is 0 Å². The van der Waals surface area contributed by atoms with E-state index < -0.39 is 0 Å². The van der Waals surface area contributed by atoms with Crippen molar-refractivity contribution in [3.05, 3.63) is 22.2 Å². The van der Waals surface area contributed by atoms with Gasteiger partial charge in [-0.25, -0.2) is 0 Å². The standard InChI is InChI=1S/C12H16BrNO2/c1-12(2,7-14)8-5-10-11(6-9(8)13)16-4-3-15-10/h5-6H,3-4,7,14H2,1-2H3. The lowest BCUT2D eigenvalue weighted by molar-refractivity contribution is 0.171. The second kappa shape index (κ2) is 4.26. The zero-order valence-corrected chi connectivity index (χ0v) is 11.1. The maximum absolute atomic E-state index is 5.79. The highest BCUT2D eigenvalue weighted by molar-refractivity contribution is 9.10. The first kappa shape index (κ1) is 11.7. The van der Waals surface area contributed by atoms with Crippen LogP contribution in [0.25, 0.3) is 0 Å². The van der Waals surface area contributed by atoms with Gasteiger partial charge in [-0.05, 0) is 17.7 Å². The zero-order chi connectivity index (χ0) is 11.8. The average molecular weight is 286 g/mol. The van der Waals surface area contributed by atoms with Gasteiger partial charge in [0.1, 0.15) is 13.2 Å². The highest BCUT2D eigenvalue weighted by Crippen LogP contribution is 2.39. The van der Waals surface area contributed by atoms with Gasteiger partial charge in [-0.3, -0.25) is 0 Å². The van der Waals surface area contributed by atoms with Crippen LogP contribution in [0.4, 0.5) is 0 Å². The van der Waals surface area contributed by atoms with E-state index in [1.807, 2.05) is 12.1 Å². The highest BCUT2D eigenvalue weighted by Gasteiger charge is 2.24. The molecule has 0 spiro atoms. The third-order valence-corrected chi connectivity index (χ3v) is 3.53. The Morgan fingerprint density at radius 3 is 2.38 bits per heavy atom. The van der Waals surface area contributed by atoms with Gasteiger partial charge in [0.25, 0.3) is 0 Å². The molecule has 1 aromatic rings. The van der Waals surface area contributed by atoms with Crippen molar-refractivity contribution in [2.24, 2.45) is 5.73 Å². The Hall–Kier alpha value is -0.740. The molecule has 0 radical (unpaired) electrons. The van der Waals surface area contributed by atoms with Gasteiger partial charge < -0.3 is 15.2 Å². The number of benzene rings is 1. The number of nitrogens with two attached hydrogens (primary N) is 1. The molecule has 16 heavy (non-hydrogen) atoms. The van der Waals surface area contributed by atoms with E-state index in [1.54, 1.807) is 0 Å². The van der Waals surface area contributed by atoms with Gasteiger partial charge in [-0.2, -0.15) is 0 Å². The minimum Gasteiger partial charge on any atom is -0.486 e. The highest BCUT2D eigenvalue weighted by atomic mass is 79.9. The van der Waals surface area contributed by atoms with Crippen molar-refractivity contribution in [2.45, 2.75) is 19.3 Å². The Labute approximate surface area is 104 Å². The van der Waals surface area contributed by atoms with E-state index in [4.69, 9.17) is 15.2 Å². The molecule has 3 nitrogen and oxygen atoms in total. The number of halogens is 1. The molecule has 0 aliphatic carbocycles. The zero-order valence-electron chi connectivity index (χ0n) is 9.55. The Kier molecular flexibility index (Phi) is 3.13. The summed E-state index contributed by atoms with van der Waals surface area (Å²) in [5, 5.41) is 0. The molecule has 0 unspecified atom stereocenters. The predicted molar refractivity (Wildman–Crippen MR) is 67.2 cm³/mol. The molecule has 2 rings (SSSR count).